The summed E-state index contributed by atoms with van der Waals surface area (Å²) in [5.74, 6) is 11.3. The number of amidine groups is 1. The molecule has 1 fully saturated rings. The summed E-state index contributed by atoms with van der Waals surface area (Å²) in [6, 6.07) is 9.58. The van der Waals surface area contributed by atoms with Gasteiger partial charge in [-0.3, -0.25) is 5.01 Å². The number of hydrogen-bond donors (Lipinski definition) is 2. The van der Waals surface area contributed by atoms with Crippen LogP contribution < -0.4 is 16.7 Å². The lowest BCUT2D eigenvalue weighted by atomic mass is 10.3. The Hall–Kier alpha value is -1.24. The zero-order valence-electron chi connectivity index (χ0n) is 8.74. The fraction of sp³-hybridized carbons (Fsp3) is 0.300. The standard InChI is InChI=1S/C10H14N4OS/c11-13-10(16-9-6-15-7-9)14(12)8-4-2-1-3-5-8/h1-5,9H,6-7,11-12H2/b13-10+. The maximum Gasteiger partial charge on any atom is 0.201 e. The van der Waals surface area contributed by atoms with Gasteiger partial charge in [0.15, 0.2) is 0 Å². The van der Waals surface area contributed by atoms with E-state index in [0.29, 0.717) is 10.4 Å². The van der Waals surface area contributed by atoms with Crippen LogP contribution in [-0.4, -0.2) is 23.6 Å². The average molecular weight is 238 g/mol. The minimum Gasteiger partial charge on any atom is -0.379 e. The van der Waals surface area contributed by atoms with Gasteiger partial charge in [0.25, 0.3) is 0 Å². The summed E-state index contributed by atoms with van der Waals surface area (Å²) in [4.78, 5) is 0. The highest BCUT2D eigenvalue weighted by atomic mass is 32.2. The van der Waals surface area contributed by atoms with Crippen LogP contribution in [0.5, 0.6) is 0 Å². The summed E-state index contributed by atoms with van der Waals surface area (Å²) >= 11 is 1.54. The SMILES string of the molecule is N/N=C(/SC1COC1)N(N)c1ccccc1. The molecule has 4 N–H and O–H groups in total. The Morgan fingerprint density at radius 1 is 1.38 bits per heavy atom. The van der Waals surface area contributed by atoms with E-state index >= 15 is 0 Å². The molecule has 0 spiro atoms. The molecule has 1 aromatic rings. The number of hydrazone groups is 1. The smallest absolute Gasteiger partial charge is 0.201 e. The number of thioether (sulfide) groups is 1. The highest BCUT2D eigenvalue weighted by molar-refractivity contribution is 8.14. The molecular weight excluding hydrogens is 224 g/mol. The first kappa shape index (κ1) is 11.3. The zero-order valence-corrected chi connectivity index (χ0v) is 9.56. The second-order valence-corrected chi connectivity index (χ2v) is 4.66. The van der Waals surface area contributed by atoms with Crippen molar-refractivity contribution in [1.29, 1.82) is 0 Å². The van der Waals surface area contributed by atoms with Gasteiger partial charge in [0.1, 0.15) is 0 Å². The molecule has 0 atom stereocenters. The first-order valence-corrected chi connectivity index (χ1v) is 5.81. The van der Waals surface area contributed by atoms with Crippen molar-refractivity contribution in [1.82, 2.24) is 0 Å². The second-order valence-electron chi connectivity index (χ2n) is 3.39. The zero-order chi connectivity index (χ0) is 11.4. The summed E-state index contributed by atoms with van der Waals surface area (Å²) in [6.07, 6.45) is 0. The van der Waals surface area contributed by atoms with Crippen LogP contribution in [0.1, 0.15) is 0 Å². The van der Waals surface area contributed by atoms with Gasteiger partial charge in [0.2, 0.25) is 5.17 Å². The van der Waals surface area contributed by atoms with E-state index in [1.807, 2.05) is 30.3 Å². The van der Waals surface area contributed by atoms with E-state index in [9.17, 15) is 0 Å². The van der Waals surface area contributed by atoms with Crippen molar-refractivity contribution in [2.45, 2.75) is 5.25 Å². The lowest BCUT2D eigenvalue weighted by Gasteiger charge is -2.28. The van der Waals surface area contributed by atoms with Crippen LogP contribution in [0.3, 0.4) is 0 Å². The first-order valence-electron chi connectivity index (χ1n) is 4.93. The van der Waals surface area contributed by atoms with E-state index in [4.69, 9.17) is 16.4 Å². The number of nitrogens with two attached hydrogens (primary N) is 2. The van der Waals surface area contributed by atoms with Crippen LogP contribution in [0, 0.1) is 0 Å². The number of hydrazine groups is 1. The molecule has 1 aliphatic rings. The van der Waals surface area contributed by atoms with E-state index in [0.717, 1.165) is 18.9 Å². The van der Waals surface area contributed by atoms with Crippen molar-refractivity contribution in [3.8, 4) is 0 Å². The van der Waals surface area contributed by atoms with Gasteiger partial charge in [-0.2, -0.15) is 5.10 Å². The molecule has 16 heavy (non-hydrogen) atoms. The number of hydrogen-bond acceptors (Lipinski definition) is 5. The third-order valence-electron chi connectivity index (χ3n) is 2.23. The van der Waals surface area contributed by atoms with Crippen LogP contribution in [0.4, 0.5) is 5.69 Å². The summed E-state index contributed by atoms with van der Waals surface area (Å²) in [5.41, 5.74) is 0.861. The van der Waals surface area contributed by atoms with E-state index < -0.39 is 0 Å². The predicted octanol–water partition coefficient (Wildman–Crippen LogP) is 0.728. The Kier molecular flexibility index (Phi) is 3.66. The molecule has 0 saturated carbocycles. The molecule has 1 saturated heterocycles. The molecule has 0 radical (unpaired) electrons. The summed E-state index contributed by atoms with van der Waals surface area (Å²) in [6.45, 7) is 1.46. The molecule has 0 aliphatic carbocycles. The van der Waals surface area contributed by atoms with Gasteiger partial charge in [0, 0.05) is 0 Å². The number of ether oxygens (including phenoxy) is 1. The van der Waals surface area contributed by atoms with E-state index in [1.54, 1.807) is 0 Å². The molecule has 0 unspecified atom stereocenters. The van der Waals surface area contributed by atoms with Crippen LogP contribution in [-0.2, 0) is 4.74 Å². The Balaban J connectivity index is 2.03. The number of para-hydroxylation sites is 1. The molecule has 1 heterocycles. The van der Waals surface area contributed by atoms with E-state index in [-0.39, 0.29) is 0 Å². The van der Waals surface area contributed by atoms with Gasteiger partial charge in [-0.1, -0.05) is 30.0 Å². The third-order valence-corrected chi connectivity index (χ3v) is 3.35. The van der Waals surface area contributed by atoms with E-state index in [2.05, 4.69) is 5.10 Å². The van der Waals surface area contributed by atoms with Gasteiger partial charge in [0.05, 0.1) is 24.2 Å². The Bertz CT molecular complexity index is 366. The number of nitrogens with zero attached hydrogens (tertiary/aromatic N) is 2. The molecule has 0 amide bonds. The van der Waals surface area contributed by atoms with Gasteiger partial charge in [-0.15, -0.1) is 0 Å². The maximum absolute atomic E-state index is 5.94. The Labute approximate surface area is 98.4 Å². The van der Waals surface area contributed by atoms with Crippen LogP contribution >= 0.6 is 11.8 Å². The minimum atomic E-state index is 0.400. The molecule has 5 nitrogen and oxygen atoms in total. The molecule has 0 bridgehead atoms. The minimum absolute atomic E-state index is 0.400. The lowest BCUT2D eigenvalue weighted by molar-refractivity contribution is 0.0459. The third kappa shape index (κ3) is 2.46. The normalized spacial score (nSPS) is 16.9. The topological polar surface area (TPSA) is 76.9 Å². The van der Waals surface area contributed by atoms with Gasteiger partial charge < -0.3 is 10.6 Å². The highest BCUT2D eigenvalue weighted by Gasteiger charge is 2.23. The molecule has 0 aromatic heterocycles. The first-order chi connectivity index (χ1) is 7.81. The van der Waals surface area contributed by atoms with Crippen LogP contribution in [0.25, 0.3) is 0 Å². The van der Waals surface area contributed by atoms with Crippen molar-refractivity contribution in [2.24, 2.45) is 16.8 Å². The number of rotatable bonds is 2. The average Bonchev–Trinajstić information content (AvgIpc) is 2.28. The fourth-order valence-corrected chi connectivity index (χ4v) is 2.19. The van der Waals surface area contributed by atoms with Crippen molar-refractivity contribution < 1.29 is 4.74 Å². The lowest BCUT2D eigenvalue weighted by Crippen LogP contribution is -2.40. The van der Waals surface area contributed by atoms with Crippen molar-refractivity contribution >= 4 is 22.6 Å². The van der Waals surface area contributed by atoms with Crippen molar-refractivity contribution in [3.05, 3.63) is 30.3 Å². The predicted molar refractivity (Wildman–Crippen MR) is 66.9 cm³/mol. The van der Waals surface area contributed by atoms with Gasteiger partial charge >= 0.3 is 0 Å². The Morgan fingerprint density at radius 3 is 2.56 bits per heavy atom. The molecule has 2 rings (SSSR count). The highest BCUT2D eigenvalue weighted by Crippen LogP contribution is 2.23. The molecule has 86 valence electrons. The Morgan fingerprint density at radius 2 is 2.06 bits per heavy atom. The van der Waals surface area contributed by atoms with Gasteiger partial charge in [-0.25, -0.2) is 5.84 Å². The van der Waals surface area contributed by atoms with Gasteiger partial charge in [-0.05, 0) is 12.1 Å². The molecule has 6 heteroatoms. The van der Waals surface area contributed by atoms with Crippen molar-refractivity contribution in [3.63, 3.8) is 0 Å². The fourth-order valence-electron chi connectivity index (χ4n) is 1.28. The van der Waals surface area contributed by atoms with Crippen LogP contribution in [0.2, 0.25) is 0 Å². The largest absolute Gasteiger partial charge is 0.379 e. The maximum atomic E-state index is 5.94. The molecule has 1 aromatic carbocycles. The molecule has 1 aliphatic heterocycles. The van der Waals surface area contributed by atoms with Crippen molar-refractivity contribution in [2.75, 3.05) is 18.2 Å². The van der Waals surface area contributed by atoms with Crippen LogP contribution in [0.15, 0.2) is 35.4 Å². The quantitative estimate of drug-likeness (QED) is 0.344. The summed E-state index contributed by atoms with van der Waals surface area (Å²) < 4.78 is 5.09. The summed E-state index contributed by atoms with van der Waals surface area (Å²) in [7, 11) is 0. The monoisotopic (exact) mass is 238 g/mol. The second kappa shape index (κ2) is 5.20. The molecular formula is C10H14N4OS. The number of benzene rings is 1. The number of anilines is 1. The summed E-state index contributed by atoms with van der Waals surface area (Å²) in [5, 5.41) is 6.20. The van der Waals surface area contributed by atoms with E-state index in [1.165, 1.54) is 16.8 Å².